The largest absolute Gasteiger partial charge is 0.396 e. The van der Waals surface area contributed by atoms with Crippen LogP contribution in [0.4, 0.5) is 0 Å². The van der Waals surface area contributed by atoms with Crippen LogP contribution >= 0.6 is 0 Å². The predicted molar refractivity (Wildman–Crippen MR) is 53.3 cm³/mol. The van der Waals surface area contributed by atoms with Gasteiger partial charge in [0.1, 0.15) is 0 Å². The van der Waals surface area contributed by atoms with Gasteiger partial charge >= 0.3 is 0 Å². The Bertz CT molecular complexity index is 152. The van der Waals surface area contributed by atoms with E-state index in [-0.39, 0.29) is 19.1 Å². The maximum absolute atomic E-state index is 9.10. The molecule has 2 nitrogen and oxygen atoms in total. The van der Waals surface area contributed by atoms with Crippen molar-refractivity contribution in [1.82, 2.24) is 0 Å². The summed E-state index contributed by atoms with van der Waals surface area (Å²) in [5, 5.41) is 18.2. The molecule has 13 heavy (non-hydrogen) atoms. The fraction of sp³-hybridized carbons (Fsp3) is 0.818. The Morgan fingerprint density at radius 2 is 1.85 bits per heavy atom. The van der Waals surface area contributed by atoms with Crippen molar-refractivity contribution in [2.24, 2.45) is 17.8 Å². The third kappa shape index (κ3) is 2.55. The monoisotopic (exact) mass is 184 g/mol. The lowest BCUT2D eigenvalue weighted by Gasteiger charge is -2.33. The summed E-state index contributed by atoms with van der Waals surface area (Å²) in [6.07, 6.45) is 6.78. The fourth-order valence-electron chi connectivity index (χ4n) is 2.39. The minimum absolute atomic E-state index is 0.0586. The number of rotatable bonds is 4. The highest BCUT2D eigenvalue weighted by atomic mass is 16.3. The maximum atomic E-state index is 9.10. The van der Waals surface area contributed by atoms with Gasteiger partial charge in [-0.25, -0.2) is 0 Å². The van der Waals surface area contributed by atoms with Crippen LogP contribution in [0.3, 0.4) is 0 Å². The molecule has 2 N–H and O–H groups in total. The van der Waals surface area contributed by atoms with Gasteiger partial charge in [-0.15, -0.1) is 6.58 Å². The Morgan fingerprint density at radius 1 is 1.23 bits per heavy atom. The van der Waals surface area contributed by atoms with Crippen molar-refractivity contribution in [3.05, 3.63) is 12.7 Å². The molecule has 0 aliphatic heterocycles. The van der Waals surface area contributed by atoms with Crippen molar-refractivity contribution in [1.29, 1.82) is 0 Å². The Kier molecular flexibility index (Phi) is 4.46. The second-order valence-corrected chi connectivity index (χ2v) is 3.97. The summed E-state index contributed by atoms with van der Waals surface area (Å²) in [6, 6.07) is 0. The number of hydrogen-bond donors (Lipinski definition) is 2. The van der Waals surface area contributed by atoms with Crippen molar-refractivity contribution < 1.29 is 10.2 Å². The van der Waals surface area contributed by atoms with Crippen LogP contribution in [-0.2, 0) is 0 Å². The number of allylic oxidation sites excluding steroid dienone is 1. The van der Waals surface area contributed by atoms with Gasteiger partial charge in [0.2, 0.25) is 0 Å². The van der Waals surface area contributed by atoms with Gasteiger partial charge in [0.15, 0.2) is 0 Å². The third-order valence-electron chi connectivity index (χ3n) is 3.25. The van der Waals surface area contributed by atoms with Gasteiger partial charge in [0, 0.05) is 19.1 Å². The summed E-state index contributed by atoms with van der Waals surface area (Å²) in [5.74, 6) is 1.00. The van der Waals surface area contributed by atoms with E-state index in [0.717, 1.165) is 6.42 Å². The van der Waals surface area contributed by atoms with E-state index < -0.39 is 0 Å². The van der Waals surface area contributed by atoms with Gasteiger partial charge in [0.25, 0.3) is 0 Å². The summed E-state index contributed by atoms with van der Waals surface area (Å²) < 4.78 is 0. The van der Waals surface area contributed by atoms with E-state index in [1.165, 1.54) is 19.3 Å². The van der Waals surface area contributed by atoms with Crippen LogP contribution in [0.2, 0.25) is 0 Å². The molecule has 0 heterocycles. The molecular weight excluding hydrogens is 164 g/mol. The Morgan fingerprint density at radius 3 is 2.38 bits per heavy atom. The second-order valence-electron chi connectivity index (χ2n) is 3.97. The Labute approximate surface area is 80.3 Å². The van der Waals surface area contributed by atoms with Gasteiger partial charge in [-0.1, -0.05) is 18.9 Å². The smallest absolute Gasteiger partial charge is 0.0484 e. The van der Waals surface area contributed by atoms with Crippen molar-refractivity contribution in [3.8, 4) is 0 Å². The molecule has 2 heteroatoms. The van der Waals surface area contributed by atoms with Crippen molar-refractivity contribution in [3.63, 3.8) is 0 Å². The van der Waals surface area contributed by atoms with E-state index in [2.05, 4.69) is 6.58 Å². The van der Waals surface area contributed by atoms with Crippen LogP contribution < -0.4 is 0 Å². The van der Waals surface area contributed by atoms with E-state index >= 15 is 0 Å². The number of hydrogen-bond acceptors (Lipinski definition) is 2. The van der Waals surface area contributed by atoms with Crippen LogP contribution in [-0.4, -0.2) is 23.4 Å². The minimum atomic E-state index is 0.0586. The van der Waals surface area contributed by atoms with Gasteiger partial charge in [0.05, 0.1) is 0 Å². The Balaban J connectivity index is 2.56. The van der Waals surface area contributed by atoms with Gasteiger partial charge in [-0.2, -0.15) is 0 Å². The molecule has 0 aromatic carbocycles. The Hall–Kier alpha value is -0.340. The van der Waals surface area contributed by atoms with Crippen molar-refractivity contribution in [2.45, 2.75) is 25.7 Å². The zero-order chi connectivity index (χ0) is 9.68. The first-order chi connectivity index (χ1) is 6.33. The second kappa shape index (κ2) is 5.40. The zero-order valence-electron chi connectivity index (χ0n) is 8.15. The van der Waals surface area contributed by atoms with E-state index in [0.29, 0.717) is 11.8 Å². The highest BCUT2D eigenvalue weighted by molar-refractivity contribution is 4.90. The fourth-order valence-corrected chi connectivity index (χ4v) is 2.39. The minimum Gasteiger partial charge on any atom is -0.396 e. The number of aliphatic hydroxyl groups is 2. The zero-order valence-corrected chi connectivity index (χ0v) is 8.15. The SMILES string of the molecule is C=C[C@@H]1CCCC[C@H]1C(CO)CO. The summed E-state index contributed by atoms with van der Waals surface area (Å²) in [6.45, 7) is 4.03. The van der Waals surface area contributed by atoms with Crippen LogP contribution in [0.5, 0.6) is 0 Å². The normalized spacial score (nSPS) is 29.2. The summed E-state index contributed by atoms with van der Waals surface area (Å²) in [7, 11) is 0. The molecule has 1 aliphatic carbocycles. The van der Waals surface area contributed by atoms with E-state index in [1.807, 2.05) is 6.08 Å². The molecule has 76 valence electrons. The average Bonchev–Trinajstić information content (AvgIpc) is 2.20. The molecule has 0 unspecified atom stereocenters. The standard InChI is InChI=1S/C11H20O2/c1-2-9-5-3-4-6-11(9)10(7-12)8-13/h2,9-13H,1,3-8H2/t9-,11-/m1/s1. The summed E-state index contributed by atoms with van der Waals surface area (Å²) in [5.41, 5.74) is 0. The average molecular weight is 184 g/mol. The van der Waals surface area contributed by atoms with Crippen LogP contribution in [0.15, 0.2) is 12.7 Å². The molecule has 1 rings (SSSR count). The molecule has 0 amide bonds. The maximum Gasteiger partial charge on any atom is 0.0484 e. The highest BCUT2D eigenvalue weighted by Crippen LogP contribution is 2.35. The molecule has 1 aliphatic rings. The molecule has 2 atom stereocenters. The van der Waals surface area contributed by atoms with Crippen LogP contribution in [0.25, 0.3) is 0 Å². The molecule has 0 spiro atoms. The van der Waals surface area contributed by atoms with Crippen LogP contribution in [0, 0.1) is 17.8 Å². The number of aliphatic hydroxyl groups excluding tert-OH is 2. The molecule has 1 saturated carbocycles. The summed E-state index contributed by atoms with van der Waals surface area (Å²) >= 11 is 0. The predicted octanol–water partition coefficient (Wildman–Crippen LogP) is 1.58. The van der Waals surface area contributed by atoms with Crippen molar-refractivity contribution in [2.75, 3.05) is 13.2 Å². The van der Waals surface area contributed by atoms with Gasteiger partial charge in [-0.05, 0) is 24.7 Å². The molecule has 0 aromatic rings. The third-order valence-corrected chi connectivity index (χ3v) is 3.25. The molecule has 0 aromatic heterocycles. The first-order valence-corrected chi connectivity index (χ1v) is 5.17. The summed E-state index contributed by atoms with van der Waals surface area (Å²) in [4.78, 5) is 0. The lowest BCUT2D eigenvalue weighted by atomic mass is 9.73. The van der Waals surface area contributed by atoms with Gasteiger partial charge < -0.3 is 10.2 Å². The molecule has 0 radical (unpaired) electrons. The first kappa shape index (κ1) is 10.7. The first-order valence-electron chi connectivity index (χ1n) is 5.17. The molecule has 0 saturated heterocycles. The van der Waals surface area contributed by atoms with Gasteiger partial charge in [-0.3, -0.25) is 0 Å². The van der Waals surface area contributed by atoms with Crippen LogP contribution in [0.1, 0.15) is 25.7 Å². The van der Waals surface area contributed by atoms with Crippen molar-refractivity contribution >= 4 is 0 Å². The molecule has 1 fully saturated rings. The highest BCUT2D eigenvalue weighted by Gasteiger charge is 2.28. The van der Waals surface area contributed by atoms with E-state index in [1.54, 1.807) is 0 Å². The quantitative estimate of drug-likeness (QED) is 0.651. The lowest BCUT2D eigenvalue weighted by molar-refractivity contribution is 0.0701. The molecular formula is C11H20O2. The molecule has 0 bridgehead atoms. The van der Waals surface area contributed by atoms with E-state index in [9.17, 15) is 0 Å². The topological polar surface area (TPSA) is 40.5 Å². The van der Waals surface area contributed by atoms with E-state index in [4.69, 9.17) is 10.2 Å². The lowest BCUT2D eigenvalue weighted by Crippen LogP contribution is -2.30.